The van der Waals surface area contributed by atoms with E-state index in [2.05, 4.69) is 15.3 Å². The molecule has 0 aliphatic heterocycles. The van der Waals surface area contributed by atoms with Gasteiger partial charge in [-0.3, -0.25) is 9.59 Å². The summed E-state index contributed by atoms with van der Waals surface area (Å²) in [4.78, 5) is 32.8. The lowest BCUT2D eigenvalue weighted by Crippen LogP contribution is -2.20. The number of amides is 1. The van der Waals surface area contributed by atoms with Gasteiger partial charge in [0.1, 0.15) is 11.4 Å². The SMILES string of the molecule is Cc1cccc(OCC(=O)Nc2ccc(SCc3nc4ccccc4[nH]c3=O)cc2)c1C. The minimum atomic E-state index is -0.224. The first-order valence-electron chi connectivity index (χ1n) is 10.2. The van der Waals surface area contributed by atoms with E-state index in [1.54, 1.807) is 0 Å². The van der Waals surface area contributed by atoms with E-state index < -0.39 is 0 Å². The van der Waals surface area contributed by atoms with Crippen molar-refractivity contribution >= 4 is 34.4 Å². The fourth-order valence-electron chi connectivity index (χ4n) is 3.17. The molecule has 6 nitrogen and oxygen atoms in total. The van der Waals surface area contributed by atoms with E-state index in [0.29, 0.717) is 22.9 Å². The molecule has 2 N–H and O–H groups in total. The summed E-state index contributed by atoms with van der Waals surface area (Å²) in [5, 5.41) is 2.84. The number of carbonyl (C=O) groups is 1. The van der Waals surface area contributed by atoms with Gasteiger partial charge in [-0.05, 0) is 67.4 Å². The summed E-state index contributed by atoms with van der Waals surface area (Å²) in [6.45, 7) is 3.92. The quantitative estimate of drug-likeness (QED) is 0.397. The Kier molecular flexibility index (Phi) is 6.56. The Hall–Kier alpha value is -3.58. The van der Waals surface area contributed by atoms with Gasteiger partial charge in [0.15, 0.2) is 6.61 Å². The number of aromatic nitrogens is 2. The van der Waals surface area contributed by atoms with Gasteiger partial charge in [-0.1, -0.05) is 24.3 Å². The molecule has 0 saturated carbocycles. The van der Waals surface area contributed by atoms with Crippen LogP contribution in [0.1, 0.15) is 16.8 Å². The number of hydrogen-bond donors (Lipinski definition) is 2. The molecule has 0 bridgehead atoms. The van der Waals surface area contributed by atoms with Gasteiger partial charge < -0.3 is 15.0 Å². The number of para-hydroxylation sites is 2. The maximum atomic E-state index is 12.2. The summed E-state index contributed by atoms with van der Waals surface area (Å²) in [5.74, 6) is 0.942. The van der Waals surface area contributed by atoms with Crippen molar-refractivity contribution in [2.75, 3.05) is 11.9 Å². The van der Waals surface area contributed by atoms with Crippen LogP contribution in [0.15, 0.2) is 76.4 Å². The highest BCUT2D eigenvalue weighted by Crippen LogP contribution is 2.24. The molecule has 0 aliphatic carbocycles. The van der Waals surface area contributed by atoms with E-state index in [-0.39, 0.29) is 18.1 Å². The molecule has 32 heavy (non-hydrogen) atoms. The van der Waals surface area contributed by atoms with Gasteiger partial charge in [0.2, 0.25) is 0 Å². The lowest BCUT2D eigenvalue weighted by molar-refractivity contribution is -0.118. The van der Waals surface area contributed by atoms with E-state index in [1.807, 2.05) is 80.6 Å². The highest BCUT2D eigenvalue weighted by molar-refractivity contribution is 7.98. The van der Waals surface area contributed by atoms with Crippen LogP contribution in [0.5, 0.6) is 5.75 Å². The van der Waals surface area contributed by atoms with Gasteiger partial charge in [0.05, 0.1) is 11.0 Å². The van der Waals surface area contributed by atoms with Crippen molar-refractivity contribution in [2.24, 2.45) is 0 Å². The lowest BCUT2D eigenvalue weighted by Gasteiger charge is -2.11. The number of H-pyrrole nitrogens is 1. The van der Waals surface area contributed by atoms with Crippen LogP contribution < -0.4 is 15.6 Å². The van der Waals surface area contributed by atoms with Crippen LogP contribution >= 0.6 is 11.8 Å². The fourth-order valence-corrected chi connectivity index (χ4v) is 4.00. The van der Waals surface area contributed by atoms with Gasteiger partial charge in [-0.25, -0.2) is 4.98 Å². The van der Waals surface area contributed by atoms with E-state index in [1.165, 1.54) is 11.8 Å². The molecule has 162 valence electrons. The normalized spacial score (nSPS) is 10.8. The first kappa shape index (κ1) is 21.6. The van der Waals surface area contributed by atoms with Crippen LogP contribution in [0.2, 0.25) is 0 Å². The Labute approximate surface area is 190 Å². The van der Waals surface area contributed by atoms with E-state index >= 15 is 0 Å². The summed E-state index contributed by atoms with van der Waals surface area (Å²) in [5.41, 5.74) is 4.64. The second-order valence-corrected chi connectivity index (χ2v) is 8.43. The van der Waals surface area contributed by atoms with Gasteiger partial charge in [-0.2, -0.15) is 0 Å². The number of benzene rings is 3. The third-order valence-corrected chi connectivity index (χ3v) is 6.12. The number of thioether (sulfide) groups is 1. The minimum absolute atomic E-state index is 0.0583. The number of anilines is 1. The average Bonchev–Trinajstić information content (AvgIpc) is 2.79. The number of ether oxygens (including phenoxy) is 1. The third-order valence-electron chi connectivity index (χ3n) is 5.10. The Morgan fingerprint density at radius 2 is 1.81 bits per heavy atom. The molecular weight excluding hydrogens is 422 g/mol. The van der Waals surface area contributed by atoms with Crippen molar-refractivity contribution in [2.45, 2.75) is 24.5 Å². The topological polar surface area (TPSA) is 84.1 Å². The molecule has 0 spiro atoms. The second kappa shape index (κ2) is 9.70. The lowest BCUT2D eigenvalue weighted by atomic mass is 10.1. The Morgan fingerprint density at radius 1 is 1.03 bits per heavy atom. The monoisotopic (exact) mass is 445 g/mol. The zero-order valence-electron chi connectivity index (χ0n) is 17.8. The number of nitrogens with zero attached hydrogens (tertiary/aromatic N) is 1. The molecule has 0 unspecified atom stereocenters. The maximum absolute atomic E-state index is 12.2. The molecule has 0 atom stereocenters. The molecule has 0 radical (unpaired) electrons. The summed E-state index contributed by atoms with van der Waals surface area (Å²) < 4.78 is 5.65. The predicted molar refractivity (Wildman–Crippen MR) is 128 cm³/mol. The Balaban J connectivity index is 1.32. The largest absolute Gasteiger partial charge is 0.483 e. The molecule has 4 rings (SSSR count). The fraction of sp³-hybridized carbons (Fsp3) is 0.160. The molecule has 3 aromatic carbocycles. The number of nitrogens with one attached hydrogen (secondary N) is 2. The Morgan fingerprint density at radius 3 is 2.62 bits per heavy atom. The first-order chi connectivity index (χ1) is 15.5. The van der Waals surface area contributed by atoms with Gasteiger partial charge >= 0.3 is 0 Å². The molecule has 1 heterocycles. The van der Waals surface area contributed by atoms with E-state index in [0.717, 1.165) is 27.1 Å². The smallest absolute Gasteiger partial charge is 0.271 e. The number of hydrogen-bond acceptors (Lipinski definition) is 5. The van der Waals surface area contributed by atoms with Crippen molar-refractivity contribution in [3.63, 3.8) is 0 Å². The average molecular weight is 446 g/mol. The van der Waals surface area contributed by atoms with Crippen LogP contribution in [0.4, 0.5) is 5.69 Å². The molecule has 4 aromatic rings. The Bertz CT molecular complexity index is 1320. The van der Waals surface area contributed by atoms with Crippen molar-refractivity contribution in [1.82, 2.24) is 9.97 Å². The van der Waals surface area contributed by atoms with Crippen LogP contribution in [0.3, 0.4) is 0 Å². The van der Waals surface area contributed by atoms with Crippen LogP contribution in [0, 0.1) is 13.8 Å². The summed E-state index contributed by atoms with van der Waals surface area (Å²) in [6, 6.07) is 20.7. The number of fused-ring (bicyclic) bond motifs is 1. The number of aryl methyl sites for hydroxylation is 1. The maximum Gasteiger partial charge on any atom is 0.271 e. The summed E-state index contributed by atoms with van der Waals surface area (Å²) in [7, 11) is 0. The van der Waals surface area contributed by atoms with Crippen molar-refractivity contribution in [3.05, 3.63) is 93.9 Å². The molecule has 0 saturated heterocycles. The zero-order chi connectivity index (χ0) is 22.5. The highest BCUT2D eigenvalue weighted by Gasteiger charge is 2.08. The van der Waals surface area contributed by atoms with Crippen LogP contribution in [0.25, 0.3) is 11.0 Å². The molecule has 0 fully saturated rings. The van der Waals surface area contributed by atoms with Gasteiger partial charge in [-0.15, -0.1) is 11.8 Å². The summed E-state index contributed by atoms with van der Waals surface area (Å²) >= 11 is 1.51. The van der Waals surface area contributed by atoms with E-state index in [4.69, 9.17) is 4.74 Å². The predicted octanol–water partition coefficient (Wildman–Crippen LogP) is 4.85. The standard InChI is InChI=1S/C25H23N3O3S/c1-16-6-5-9-23(17(16)2)31-14-24(29)26-18-10-12-19(13-11-18)32-15-22-25(30)28-21-8-4-3-7-20(21)27-22/h3-13H,14-15H2,1-2H3,(H,26,29)(H,28,30). The number of rotatable bonds is 7. The zero-order valence-corrected chi connectivity index (χ0v) is 18.7. The number of aromatic amines is 1. The molecule has 0 aliphatic rings. The van der Waals surface area contributed by atoms with Crippen molar-refractivity contribution in [3.8, 4) is 5.75 Å². The molecule has 7 heteroatoms. The van der Waals surface area contributed by atoms with Gasteiger partial charge in [0, 0.05) is 16.3 Å². The minimum Gasteiger partial charge on any atom is -0.483 e. The summed E-state index contributed by atoms with van der Waals surface area (Å²) in [6.07, 6.45) is 0. The first-order valence-corrected chi connectivity index (χ1v) is 11.2. The third kappa shape index (κ3) is 5.18. The van der Waals surface area contributed by atoms with E-state index in [9.17, 15) is 9.59 Å². The molecule has 1 amide bonds. The van der Waals surface area contributed by atoms with Gasteiger partial charge in [0.25, 0.3) is 11.5 Å². The van der Waals surface area contributed by atoms with Crippen molar-refractivity contribution < 1.29 is 9.53 Å². The number of carbonyl (C=O) groups excluding carboxylic acids is 1. The highest BCUT2D eigenvalue weighted by atomic mass is 32.2. The van der Waals surface area contributed by atoms with Crippen LogP contribution in [-0.2, 0) is 10.5 Å². The molecule has 1 aromatic heterocycles. The molecular formula is C25H23N3O3S. The van der Waals surface area contributed by atoms with Crippen LogP contribution in [-0.4, -0.2) is 22.5 Å². The van der Waals surface area contributed by atoms with Crippen molar-refractivity contribution in [1.29, 1.82) is 0 Å². The second-order valence-electron chi connectivity index (χ2n) is 7.38.